The predicted octanol–water partition coefficient (Wildman–Crippen LogP) is 6.11. The molecule has 3 aromatic rings. The summed E-state index contributed by atoms with van der Waals surface area (Å²) in [5.74, 6) is 0.653. The van der Waals surface area contributed by atoms with Gasteiger partial charge >= 0.3 is 0 Å². The molecule has 0 saturated heterocycles. The number of nitrogens with zero attached hydrogens (tertiary/aromatic N) is 3. The number of imidazole rings is 1. The van der Waals surface area contributed by atoms with Gasteiger partial charge in [-0.3, -0.25) is 9.59 Å². The van der Waals surface area contributed by atoms with Gasteiger partial charge in [0.2, 0.25) is 5.91 Å². The van der Waals surface area contributed by atoms with E-state index in [1.165, 1.54) is 38.5 Å². The van der Waals surface area contributed by atoms with E-state index in [1.807, 2.05) is 28.8 Å². The van der Waals surface area contributed by atoms with Crippen LogP contribution in [-0.2, 0) is 17.9 Å². The first-order valence-corrected chi connectivity index (χ1v) is 13.8. The molecule has 2 fully saturated rings. The fourth-order valence-electron chi connectivity index (χ4n) is 5.97. The van der Waals surface area contributed by atoms with Crippen LogP contribution in [-0.4, -0.2) is 38.3 Å². The number of hydrogen-bond donors (Lipinski definition) is 1. The van der Waals surface area contributed by atoms with E-state index in [0.29, 0.717) is 28.5 Å². The number of para-hydroxylation sites is 2. The molecule has 36 heavy (non-hydrogen) atoms. The van der Waals surface area contributed by atoms with Crippen LogP contribution < -0.4 is 5.32 Å². The van der Waals surface area contributed by atoms with Gasteiger partial charge in [0.25, 0.3) is 5.91 Å². The normalized spacial score (nSPS) is 17.2. The summed E-state index contributed by atoms with van der Waals surface area (Å²) < 4.78 is 1.99. The largest absolute Gasteiger partial charge is 0.345 e. The molecular weight excluding hydrogens is 472 g/mol. The smallest absolute Gasteiger partial charge is 0.251 e. The van der Waals surface area contributed by atoms with Crippen LogP contribution >= 0.6 is 11.6 Å². The quantitative estimate of drug-likeness (QED) is 0.420. The van der Waals surface area contributed by atoms with Gasteiger partial charge in [-0.25, -0.2) is 4.98 Å². The zero-order valence-electron chi connectivity index (χ0n) is 20.8. The Balaban J connectivity index is 1.39. The van der Waals surface area contributed by atoms with Crippen molar-refractivity contribution >= 4 is 34.4 Å². The number of carbonyl (C=O) groups is 2. The standard InChI is InChI=1S/C29H35ClN4O2/c30-22-11-9-10-21(18-22)29(36)31-19-27-32-25-16-7-8-17-26(25)33(27)20-28(35)34(23-12-3-1-4-13-23)24-14-5-2-6-15-24/h7-11,16-18,23-24H,1-6,12-15,19-20H2,(H,31,36). The Morgan fingerprint density at radius 3 is 2.25 bits per heavy atom. The van der Waals surface area contributed by atoms with E-state index in [0.717, 1.165) is 36.7 Å². The van der Waals surface area contributed by atoms with Crippen molar-refractivity contribution in [2.75, 3.05) is 0 Å². The summed E-state index contributed by atoms with van der Waals surface area (Å²) in [5, 5.41) is 3.49. The lowest BCUT2D eigenvalue weighted by molar-refractivity contribution is -0.138. The Kier molecular flexibility index (Phi) is 7.90. The summed E-state index contributed by atoms with van der Waals surface area (Å²) in [6, 6.07) is 15.5. The number of fused-ring (bicyclic) bond motifs is 1. The average Bonchev–Trinajstić information content (AvgIpc) is 3.26. The highest BCUT2D eigenvalue weighted by Crippen LogP contribution is 2.31. The molecule has 5 rings (SSSR count). The summed E-state index contributed by atoms with van der Waals surface area (Å²) >= 11 is 6.06. The molecule has 0 unspecified atom stereocenters. The molecule has 2 aliphatic rings. The minimum absolute atomic E-state index is 0.180. The molecule has 2 saturated carbocycles. The highest BCUT2D eigenvalue weighted by atomic mass is 35.5. The van der Waals surface area contributed by atoms with E-state index in [4.69, 9.17) is 16.6 Å². The van der Waals surface area contributed by atoms with Gasteiger partial charge in [0.1, 0.15) is 12.4 Å². The second-order valence-electron chi connectivity index (χ2n) is 10.2. The lowest BCUT2D eigenvalue weighted by atomic mass is 9.88. The summed E-state index contributed by atoms with van der Waals surface area (Å²) in [6.07, 6.45) is 11.8. The molecule has 0 radical (unpaired) electrons. The maximum atomic E-state index is 14.0. The molecular formula is C29H35ClN4O2. The summed E-state index contributed by atoms with van der Waals surface area (Å²) in [6.45, 7) is 0.482. The number of rotatable bonds is 7. The topological polar surface area (TPSA) is 67.2 Å². The van der Waals surface area contributed by atoms with E-state index >= 15 is 0 Å². The Morgan fingerprint density at radius 2 is 1.58 bits per heavy atom. The minimum Gasteiger partial charge on any atom is -0.345 e. The molecule has 1 aromatic heterocycles. The molecule has 190 valence electrons. The van der Waals surface area contributed by atoms with Gasteiger partial charge in [-0.1, -0.05) is 68.3 Å². The first-order valence-electron chi connectivity index (χ1n) is 13.4. The maximum absolute atomic E-state index is 14.0. The summed E-state index contributed by atoms with van der Waals surface area (Å²) in [5.41, 5.74) is 2.26. The molecule has 0 bridgehead atoms. The number of carbonyl (C=O) groups excluding carboxylic acids is 2. The number of hydrogen-bond acceptors (Lipinski definition) is 3. The van der Waals surface area contributed by atoms with Crippen LogP contribution in [0.15, 0.2) is 48.5 Å². The van der Waals surface area contributed by atoms with Gasteiger partial charge in [0.05, 0.1) is 17.6 Å². The second kappa shape index (κ2) is 11.5. The van der Waals surface area contributed by atoms with Crippen molar-refractivity contribution in [2.45, 2.75) is 89.4 Å². The predicted molar refractivity (Wildman–Crippen MR) is 143 cm³/mol. The molecule has 2 aromatic carbocycles. The molecule has 6 nitrogen and oxygen atoms in total. The van der Waals surface area contributed by atoms with Crippen molar-refractivity contribution in [2.24, 2.45) is 0 Å². The number of aromatic nitrogens is 2. The highest BCUT2D eigenvalue weighted by Gasteiger charge is 2.33. The molecule has 1 N–H and O–H groups in total. The molecule has 0 spiro atoms. The van der Waals surface area contributed by atoms with Gasteiger partial charge in [-0.05, 0) is 56.0 Å². The Hall–Kier alpha value is -2.86. The van der Waals surface area contributed by atoms with Gasteiger partial charge in [0.15, 0.2) is 0 Å². The third-order valence-electron chi connectivity index (χ3n) is 7.75. The average molecular weight is 507 g/mol. The molecule has 0 atom stereocenters. The lowest BCUT2D eigenvalue weighted by Gasteiger charge is -2.42. The molecule has 0 aliphatic heterocycles. The first kappa shape index (κ1) is 24.8. The van der Waals surface area contributed by atoms with Gasteiger partial charge in [-0.2, -0.15) is 0 Å². The molecule has 7 heteroatoms. The molecule has 1 heterocycles. The van der Waals surface area contributed by atoms with Crippen molar-refractivity contribution in [1.82, 2.24) is 19.8 Å². The molecule has 2 aliphatic carbocycles. The number of halogens is 1. The number of benzene rings is 2. The van der Waals surface area contributed by atoms with Crippen molar-refractivity contribution in [3.8, 4) is 0 Å². The van der Waals surface area contributed by atoms with Crippen LogP contribution in [0.25, 0.3) is 11.0 Å². The van der Waals surface area contributed by atoms with E-state index in [2.05, 4.69) is 10.2 Å². The van der Waals surface area contributed by atoms with Gasteiger partial charge < -0.3 is 14.8 Å². The summed E-state index contributed by atoms with van der Waals surface area (Å²) in [7, 11) is 0. The first-order chi connectivity index (χ1) is 17.6. The van der Waals surface area contributed by atoms with Crippen LogP contribution in [0.4, 0.5) is 0 Å². The Labute approximate surface area is 218 Å². The van der Waals surface area contributed by atoms with Gasteiger partial charge in [0, 0.05) is 22.7 Å². The lowest BCUT2D eigenvalue weighted by Crippen LogP contribution is -2.50. The van der Waals surface area contributed by atoms with Crippen LogP contribution in [0, 0.1) is 0 Å². The fourth-order valence-corrected chi connectivity index (χ4v) is 6.16. The maximum Gasteiger partial charge on any atom is 0.251 e. The molecule has 2 amide bonds. The van der Waals surface area contributed by atoms with Crippen LogP contribution in [0.2, 0.25) is 5.02 Å². The van der Waals surface area contributed by atoms with E-state index in [-0.39, 0.29) is 24.9 Å². The Bertz CT molecular complexity index is 1190. The zero-order chi connectivity index (χ0) is 24.9. The van der Waals surface area contributed by atoms with Crippen molar-refractivity contribution in [3.05, 3.63) is 64.9 Å². The van der Waals surface area contributed by atoms with Crippen molar-refractivity contribution in [3.63, 3.8) is 0 Å². The SMILES string of the molecule is O=C(NCc1nc2ccccc2n1CC(=O)N(C1CCCCC1)C1CCCCC1)c1cccc(Cl)c1. The van der Waals surface area contributed by atoms with Crippen molar-refractivity contribution in [1.29, 1.82) is 0 Å². The van der Waals surface area contributed by atoms with Crippen LogP contribution in [0.3, 0.4) is 0 Å². The van der Waals surface area contributed by atoms with Gasteiger partial charge in [-0.15, -0.1) is 0 Å². The highest BCUT2D eigenvalue weighted by molar-refractivity contribution is 6.30. The van der Waals surface area contributed by atoms with E-state index in [1.54, 1.807) is 24.3 Å². The van der Waals surface area contributed by atoms with E-state index in [9.17, 15) is 9.59 Å². The zero-order valence-corrected chi connectivity index (χ0v) is 21.6. The summed E-state index contributed by atoms with van der Waals surface area (Å²) in [4.78, 5) is 33.8. The van der Waals surface area contributed by atoms with Crippen LogP contribution in [0.1, 0.15) is 80.4 Å². The second-order valence-corrected chi connectivity index (χ2v) is 10.6. The number of amides is 2. The number of nitrogens with one attached hydrogen (secondary N) is 1. The third kappa shape index (κ3) is 5.59. The van der Waals surface area contributed by atoms with Crippen LogP contribution in [0.5, 0.6) is 0 Å². The third-order valence-corrected chi connectivity index (χ3v) is 7.98. The monoisotopic (exact) mass is 506 g/mol. The van der Waals surface area contributed by atoms with E-state index < -0.39 is 0 Å². The minimum atomic E-state index is -0.214. The fraction of sp³-hybridized carbons (Fsp3) is 0.483. The van der Waals surface area contributed by atoms with Crippen molar-refractivity contribution < 1.29 is 9.59 Å². The Morgan fingerprint density at radius 1 is 0.917 bits per heavy atom.